The van der Waals surface area contributed by atoms with Gasteiger partial charge < -0.3 is 0 Å². The molecular weight excluding hydrogens is 234 g/mol. The zero-order valence-corrected chi connectivity index (χ0v) is 11.0. The summed E-state index contributed by atoms with van der Waals surface area (Å²) in [6.45, 7) is 2.13. The number of rotatable bonds is 2. The van der Waals surface area contributed by atoms with Crippen LogP contribution >= 0.6 is 0 Å². The highest BCUT2D eigenvalue weighted by molar-refractivity contribution is 5.73. The first kappa shape index (κ1) is 11.7. The summed E-state index contributed by atoms with van der Waals surface area (Å²) in [7, 11) is 1.91. The van der Waals surface area contributed by atoms with E-state index < -0.39 is 0 Å². The molecule has 0 unspecified atom stereocenters. The predicted octanol–water partition coefficient (Wildman–Crippen LogP) is 3.46. The van der Waals surface area contributed by atoms with E-state index in [1.807, 2.05) is 13.1 Å². The van der Waals surface area contributed by atoms with Crippen molar-refractivity contribution in [1.82, 2.24) is 14.8 Å². The van der Waals surface area contributed by atoms with Crippen LogP contribution in [0.4, 0.5) is 0 Å². The van der Waals surface area contributed by atoms with Gasteiger partial charge in [0.15, 0.2) is 5.82 Å². The largest absolute Gasteiger partial charge is 0.249 e. The normalized spacial score (nSPS) is 10.6. The number of hydrogen-bond acceptors (Lipinski definition) is 2. The van der Waals surface area contributed by atoms with Gasteiger partial charge >= 0.3 is 0 Å². The summed E-state index contributed by atoms with van der Waals surface area (Å²) in [5.41, 5.74) is 4.81. The molecule has 0 aliphatic heterocycles. The summed E-state index contributed by atoms with van der Waals surface area (Å²) in [4.78, 5) is 4.30. The molecule has 0 aliphatic carbocycles. The van der Waals surface area contributed by atoms with Crippen LogP contribution in [0.2, 0.25) is 0 Å². The molecule has 0 atom stereocenters. The third-order valence-corrected chi connectivity index (χ3v) is 3.29. The van der Waals surface area contributed by atoms with E-state index in [1.54, 1.807) is 11.0 Å². The quantitative estimate of drug-likeness (QED) is 0.696. The standard InChI is InChI=1S/C16H15N3/c1-12-8-9-14(16-17-11-18-19(16)2)10-15(12)13-6-4-3-5-7-13/h3-11H,1-2H3. The van der Waals surface area contributed by atoms with Gasteiger partial charge in [-0.25, -0.2) is 9.67 Å². The molecule has 3 aromatic rings. The molecule has 0 radical (unpaired) electrons. The lowest BCUT2D eigenvalue weighted by Crippen LogP contribution is -1.95. The Bertz CT molecular complexity index is 699. The number of benzene rings is 2. The lowest BCUT2D eigenvalue weighted by Gasteiger charge is -2.09. The summed E-state index contributed by atoms with van der Waals surface area (Å²) in [6, 6.07) is 16.8. The fraction of sp³-hybridized carbons (Fsp3) is 0.125. The third-order valence-electron chi connectivity index (χ3n) is 3.29. The molecule has 0 fully saturated rings. The minimum atomic E-state index is 0.886. The molecule has 19 heavy (non-hydrogen) atoms. The Labute approximate surface area is 112 Å². The Morgan fingerprint density at radius 3 is 2.42 bits per heavy atom. The van der Waals surface area contributed by atoms with Gasteiger partial charge in [0.2, 0.25) is 0 Å². The van der Waals surface area contributed by atoms with Crippen LogP contribution in [0.15, 0.2) is 54.9 Å². The first-order chi connectivity index (χ1) is 9.25. The van der Waals surface area contributed by atoms with E-state index in [0.717, 1.165) is 11.4 Å². The van der Waals surface area contributed by atoms with Crippen molar-refractivity contribution in [2.24, 2.45) is 7.05 Å². The Kier molecular flexibility index (Phi) is 2.88. The number of nitrogens with zero attached hydrogens (tertiary/aromatic N) is 3. The molecule has 0 N–H and O–H groups in total. The summed E-state index contributed by atoms with van der Waals surface area (Å²) < 4.78 is 1.79. The topological polar surface area (TPSA) is 30.7 Å². The van der Waals surface area contributed by atoms with Crippen LogP contribution in [-0.2, 0) is 7.05 Å². The molecule has 1 aromatic heterocycles. The average Bonchev–Trinajstić information content (AvgIpc) is 2.87. The molecule has 3 rings (SSSR count). The highest BCUT2D eigenvalue weighted by atomic mass is 15.3. The second kappa shape index (κ2) is 4.69. The van der Waals surface area contributed by atoms with Crippen LogP contribution in [0.1, 0.15) is 5.56 Å². The van der Waals surface area contributed by atoms with Crippen molar-refractivity contribution in [2.75, 3.05) is 0 Å². The van der Waals surface area contributed by atoms with Crippen LogP contribution in [-0.4, -0.2) is 14.8 Å². The molecule has 0 amide bonds. The number of aromatic nitrogens is 3. The van der Waals surface area contributed by atoms with E-state index in [1.165, 1.54) is 16.7 Å². The number of hydrogen-bond donors (Lipinski definition) is 0. The SMILES string of the molecule is Cc1ccc(-c2ncnn2C)cc1-c1ccccc1. The molecule has 94 valence electrons. The summed E-state index contributed by atoms with van der Waals surface area (Å²) in [5.74, 6) is 0.886. The van der Waals surface area contributed by atoms with Gasteiger partial charge in [-0.2, -0.15) is 5.10 Å². The molecule has 0 saturated heterocycles. The van der Waals surface area contributed by atoms with E-state index in [4.69, 9.17) is 0 Å². The van der Waals surface area contributed by atoms with Crippen molar-refractivity contribution < 1.29 is 0 Å². The molecule has 3 heteroatoms. The summed E-state index contributed by atoms with van der Waals surface area (Å²) in [5, 5.41) is 4.12. The van der Waals surface area contributed by atoms with Crippen LogP contribution in [0, 0.1) is 6.92 Å². The van der Waals surface area contributed by atoms with Crippen molar-refractivity contribution in [3.8, 4) is 22.5 Å². The minimum absolute atomic E-state index is 0.886. The van der Waals surface area contributed by atoms with E-state index in [0.29, 0.717) is 0 Å². The predicted molar refractivity (Wildman–Crippen MR) is 76.6 cm³/mol. The van der Waals surface area contributed by atoms with Gasteiger partial charge in [-0.15, -0.1) is 0 Å². The second-order valence-electron chi connectivity index (χ2n) is 4.60. The van der Waals surface area contributed by atoms with Crippen LogP contribution in [0.5, 0.6) is 0 Å². The van der Waals surface area contributed by atoms with Crippen molar-refractivity contribution in [1.29, 1.82) is 0 Å². The van der Waals surface area contributed by atoms with Crippen molar-refractivity contribution in [3.63, 3.8) is 0 Å². The maximum Gasteiger partial charge on any atom is 0.157 e. The first-order valence-electron chi connectivity index (χ1n) is 6.26. The van der Waals surface area contributed by atoms with Crippen LogP contribution in [0.25, 0.3) is 22.5 Å². The fourth-order valence-corrected chi connectivity index (χ4v) is 2.25. The molecule has 2 aromatic carbocycles. The smallest absolute Gasteiger partial charge is 0.157 e. The molecule has 0 saturated carbocycles. The van der Waals surface area contributed by atoms with E-state index in [9.17, 15) is 0 Å². The Morgan fingerprint density at radius 1 is 0.947 bits per heavy atom. The maximum atomic E-state index is 4.30. The zero-order valence-electron chi connectivity index (χ0n) is 11.0. The van der Waals surface area contributed by atoms with E-state index in [2.05, 4.69) is 59.5 Å². The van der Waals surface area contributed by atoms with Crippen LogP contribution < -0.4 is 0 Å². The highest BCUT2D eigenvalue weighted by Gasteiger charge is 2.08. The average molecular weight is 249 g/mol. The maximum absolute atomic E-state index is 4.30. The molecule has 1 heterocycles. The molecule has 0 aliphatic rings. The number of aryl methyl sites for hydroxylation is 2. The second-order valence-corrected chi connectivity index (χ2v) is 4.60. The third kappa shape index (κ3) is 2.15. The molecule has 0 spiro atoms. The van der Waals surface area contributed by atoms with Gasteiger partial charge in [0.25, 0.3) is 0 Å². The monoisotopic (exact) mass is 249 g/mol. The van der Waals surface area contributed by atoms with E-state index in [-0.39, 0.29) is 0 Å². The van der Waals surface area contributed by atoms with Gasteiger partial charge in [0.05, 0.1) is 0 Å². The molecule has 0 bridgehead atoms. The Morgan fingerprint density at radius 2 is 1.74 bits per heavy atom. The highest BCUT2D eigenvalue weighted by Crippen LogP contribution is 2.28. The molecule has 3 nitrogen and oxygen atoms in total. The lowest BCUT2D eigenvalue weighted by atomic mass is 9.98. The van der Waals surface area contributed by atoms with Gasteiger partial charge in [-0.05, 0) is 29.7 Å². The van der Waals surface area contributed by atoms with Gasteiger partial charge in [0.1, 0.15) is 6.33 Å². The molecular formula is C16H15N3. The first-order valence-corrected chi connectivity index (χ1v) is 6.26. The van der Waals surface area contributed by atoms with Crippen molar-refractivity contribution in [3.05, 3.63) is 60.4 Å². The summed E-state index contributed by atoms with van der Waals surface area (Å²) >= 11 is 0. The Balaban J connectivity index is 2.14. The van der Waals surface area contributed by atoms with Crippen LogP contribution in [0.3, 0.4) is 0 Å². The summed E-state index contributed by atoms with van der Waals surface area (Å²) in [6.07, 6.45) is 1.58. The fourth-order valence-electron chi connectivity index (χ4n) is 2.25. The van der Waals surface area contributed by atoms with Gasteiger partial charge in [0, 0.05) is 12.6 Å². The van der Waals surface area contributed by atoms with E-state index >= 15 is 0 Å². The van der Waals surface area contributed by atoms with Crippen molar-refractivity contribution in [2.45, 2.75) is 6.92 Å². The Hall–Kier alpha value is -2.42. The lowest BCUT2D eigenvalue weighted by molar-refractivity contribution is 0.774. The van der Waals surface area contributed by atoms with Gasteiger partial charge in [-0.1, -0.05) is 42.5 Å². The van der Waals surface area contributed by atoms with Crippen molar-refractivity contribution >= 4 is 0 Å². The zero-order chi connectivity index (χ0) is 13.2. The van der Waals surface area contributed by atoms with Gasteiger partial charge in [-0.3, -0.25) is 0 Å². The minimum Gasteiger partial charge on any atom is -0.249 e.